The molecule has 0 spiro atoms. The monoisotopic (exact) mass is 181 g/mol. The van der Waals surface area contributed by atoms with E-state index < -0.39 is 0 Å². The Morgan fingerprint density at radius 3 is 2.58 bits per heavy atom. The molecule has 1 aromatic rings. The highest BCUT2D eigenvalue weighted by molar-refractivity contribution is 6.31. The molecule has 0 radical (unpaired) electrons. The van der Waals surface area contributed by atoms with Crippen molar-refractivity contribution in [1.82, 2.24) is 0 Å². The topological polar surface area (TPSA) is 26.0 Å². The van der Waals surface area contributed by atoms with Crippen molar-refractivity contribution in [3.05, 3.63) is 34.9 Å². The molecule has 2 N–H and O–H groups in total. The van der Waals surface area contributed by atoms with Crippen molar-refractivity contribution in [1.29, 1.82) is 0 Å². The average molecular weight is 182 g/mol. The van der Waals surface area contributed by atoms with E-state index >= 15 is 0 Å². The maximum atomic E-state index is 6.06. The fraction of sp³-hybridized carbons (Fsp3) is 0.400. The largest absolute Gasteiger partial charge is 0.327 e. The first-order valence-corrected chi connectivity index (χ1v) is 4.53. The Bertz CT molecular complexity index is 310. The Hall–Kier alpha value is -0.530. The first kappa shape index (κ1) is 8.09. The third-order valence-corrected chi connectivity index (χ3v) is 3.12. The van der Waals surface area contributed by atoms with E-state index in [9.17, 15) is 0 Å². The van der Waals surface area contributed by atoms with E-state index in [0.29, 0.717) is 0 Å². The van der Waals surface area contributed by atoms with Crippen LogP contribution in [0.1, 0.15) is 18.9 Å². The van der Waals surface area contributed by atoms with Gasteiger partial charge < -0.3 is 5.73 Å². The maximum Gasteiger partial charge on any atom is 0.0444 e. The first-order valence-electron chi connectivity index (χ1n) is 4.15. The van der Waals surface area contributed by atoms with E-state index in [1.807, 2.05) is 18.2 Å². The Labute approximate surface area is 77.5 Å². The molecule has 1 saturated carbocycles. The van der Waals surface area contributed by atoms with Crippen LogP contribution in [0.3, 0.4) is 0 Å². The molecule has 1 fully saturated rings. The van der Waals surface area contributed by atoms with Crippen LogP contribution in [-0.2, 0) is 5.41 Å². The Kier molecular flexibility index (Phi) is 1.67. The number of benzene rings is 1. The maximum absolute atomic E-state index is 6.06. The first-order chi connectivity index (χ1) is 5.64. The fourth-order valence-corrected chi connectivity index (χ4v) is 1.98. The zero-order valence-electron chi connectivity index (χ0n) is 7.05. The minimum Gasteiger partial charge on any atom is -0.327 e. The van der Waals surface area contributed by atoms with E-state index in [0.717, 1.165) is 11.4 Å². The SMILES string of the molecule is C[C@@]1(c2ccccc2Cl)C[C@@H]1N. The van der Waals surface area contributed by atoms with E-state index in [1.165, 1.54) is 5.56 Å². The predicted molar refractivity (Wildman–Crippen MR) is 51.4 cm³/mol. The van der Waals surface area contributed by atoms with Gasteiger partial charge in [-0.3, -0.25) is 0 Å². The van der Waals surface area contributed by atoms with Crippen molar-refractivity contribution in [2.45, 2.75) is 24.8 Å². The van der Waals surface area contributed by atoms with Gasteiger partial charge in [-0.1, -0.05) is 36.7 Å². The lowest BCUT2D eigenvalue weighted by atomic mass is 9.98. The smallest absolute Gasteiger partial charge is 0.0444 e. The van der Waals surface area contributed by atoms with Gasteiger partial charge in [0.1, 0.15) is 0 Å². The highest BCUT2D eigenvalue weighted by Gasteiger charge is 2.49. The van der Waals surface area contributed by atoms with Crippen LogP contribution >= 0.6 is 11.6 Å². The van der Waals surface area contributed by atoms with Gasteiger partial charge in [0.2, 0.25) is 0 Å². The van der Waals surface area contributed by atoms with Crippen LogP contribution in [0.5, 0.6) is 0 Å². The second kappa shape index (κ2) is 2.48. The summed E-state index contributed by atoms with van der Waals surface area (Å²) in [5.74, 6) is 0. The molecule has 2 heteroatoms. The molecule has 0 aromatic heterocycles. The van der Waals surface area contributed by atoms with Crippen molar-refractivity contribution in [3.63, 3.8) is 0 Å². The quantitative estimate of drug-likeness (QED) is 0.707. The van der Waals surface area contributed by atoms with Gasteiger partial charge in [-0.2, -0.15) is 0 Å². The lowest BCUT2D eigenvalue weighted by Gasteiger charge is -2.11. The minimum atomic E-state index is 0.137. The summed E-state index contributed by atoms with van der Waals surface area (Å²) < 4.78 is 0. The summed E-state index contributed by atoms with van der Waals surface area (Å²) in [4.78, 5) is 0. The van der Waals surface area contributed by atoms with Gasteiger partial charge in [0.15, 0.2) is 0 Å². The fourth-order valence-electron chi connectivity index (χ4n) is 1.63. The highest BCUT2D eigenvalue weighted by atomic mass is 35.5. The van der Waals surface area contributed by atoms with Crippen molar-refractivity contribution in [2.24, 2.45) is 5.73 Å². The highest BCUT2D eigenvalue weighted by Crippen LogP contribution is 2.48. The van der Waals surface area contributed by atoms with Gasteiger partial charge in [-0.15, -0.1) is 0 Å². The molecule has 0 unspecified atom stereocenters. The van der Waals surface area contributed by atoms with E-state index in [4.69, 9.17) is 17.3 Å². The van der Waals surface area contributed by atoms with Gasteiger partial charge in [0, 0.05) is 16.5 Å². The van der Waals surface area contributed by atoms with Crippen LogP contribution in [0.2, 0.25) is 5.02 Å². The summed E-state index contributed by atoms with van der Waals surface area (Å²) in [5.41, 5.74) is 7.17. The number of nitrogens with two attached hydrogens (primary N) is 1. The van der Waals surface area contributed by atoms with Crippen LogP contribution < -0.4 is 5.73 Å². The lowest BCUT2D eigenvalue weighted by molar-refractivity contribution is 0.741. The van der Waals surface area contributed by atoms with Gasteiger partial charge in [-0.25, -0.2) is 0 Å². The van der Waals surface area contributed by atoms with Crippen LogP contribution in [0, 0.1) is 0 Å². The van der Waals surface area contributed by atoms with Crippen molar-refractivity contribution < 1.29 is 0 Å². The normalized spacial score (nSPS) is 33.4. The molecule has 2 atom stereocenters. The van der Waals surface area contributed by atoms with Crippen LogP contribution in [0.4, 0.5) is 0 Å². The molecular formula is C10H12ClN. The number of halogens is 1. The molecule has 0 bridgehead atoms. The lowest BCUT2D eigenvalue weighted by Crippen LogP contribution is -2.14. The summed E-state index contributed by atoms with van der Waals surface area (Å²) in [6.07, 6.45) is 1.05. The third-order valence-electron chi connectivity index (χ3n) is 2.79. The molecule has 12 heavy (non-hydrogen) atoms. The average Bonchev–Trinajstić information content (AvgIpc) is 2.61. The molecule has 1 aromatic carbocycles. The summed E-state index contributed by atoms with van der Waals surface area (Å²) in [6.45, 7) is 2.17. The van der Waals surface area contributed by atoms with Gasteiger partial charge in [0.25, 0.3) is 0 Å². The molecule has 0 aliphatic heterocycles. The number of hydrogen-bond donors (Lipinski definition) is 1. The second-order valence-corrected chi connectivity index (χ2v) is 4.12. The van der Waals surface area contributed by atoms with Crippen LogP contribution in [0.15, 0.2) is 24.3 Å². The van der Waals surface area contributed by atoms with Gasteiger partial charge in [0.05, 0.1) is 0 Å². The molecule has 64 valence electrons. The molecule has 2 rings (SSSR count). The molecule has 1 aliphatic rings. The summed E-state index contributed by atoms with van der Waals surface area (Å²) >= 11 is 6.06. The van der Waals surface area contributed by atoms with E-state index in [1.54, 1.807) is 0 Å². The molecule has 0 saturated heterocycles. The second-order valence-electron chi connectivity index (χ2n) is 3.71. The standard InChI is InChI=1S/C10H12ClN/c1-10(6-9(10)12)7-4-2-3-5-8(7)11/h2-5,9H,6,12H2,1H3/t9-,10-/m0/s1. The summed E-state index contributed by atoms with van der Waals surface area (Å²) in [7, 11) is 0. The zero-order chi connectivity index (χ0) is 8.77. The third kappa shape index (κ3) is 1.05. The van der Waals surface area contributed by atoms with Gasteiger partial charge in [-0.05, 0) is 18.1 Å². The molecule has 0 amide bonds. The van der Waals surface area contributed by atoms with Crippen LogP contribution in [-0.4, -0.2) is 6.04 Å². The predicted octanol–water partition coefficient (Wildman–Crippen LogP) is 2.33. The van der Waals surface area contributed by atoms with Crippen molar-refractivity contribution in [2.75, 3.05) is 0 Å². The molecule has 0 heterocycles. The summed E-state index contributed by atoms with van der Waals surface area (Å²) in [5, 5.41) is 0.841. The number of rotatable bonds is 1. The van der Waals surface area contributed by atoms with Gasteiger partial charge >= 0.3 is 0 Å². The van der Waals surface area contributed by atoms with E-state index in [-0.39, 0.29) is 11.5 Å². The molecular weight excluding hydrogens is 170 g/mol. The Balaban J connectivity index is 2.41. The Morgan fingerprint density at radius 1 is 1.50 bits per heavy atom. The molecule has 1 nitrogen and oxygen atoms in total. The summed E-state index contributed by atoms with van der Waals surface area (Å²) in [6, 6.07) is 8.24. The minimum absolute atomic E-state index is 0.137. The molecule has 1 aliphatic carbocycles. The Morgan fingerprint density at radius 2 is 2.08 bits per heavy atom. The van der Waals surface area contributed by atoms with Crippen LogP contribution in [0.25, 0.3) is 0 Å². The zero-order valence-corrected chi connectivity index (χ0v) is 7.81. The number of hydrogen-bond acceptors (Lipinski definition) is 1. The van der Waals surface area contributed by atoms with Crippen molar-refractivity contribution in [3.8, 4) is 0 Å². The van der Waals surface area contributed by atoms with E-state index in [2.05, 4.69) is 13.0 Å². The van der Waals surface area contributed by atoms with Crippen molar-refractivity contribution >= 4 is 11.6 Å².